The van der Waals surface area contributed by atoms with Crippen LogP contribution in [0.5, 0.6) is 0 Å². The van der Waals surface area contributed by atoms with Crippen LogP contribution in [0.2, 0.25) is 0 Å². The molecule has 0 aliphatic carbocycles. The summed E-state index contributed by atoms with van der Waals surface area (Å²) in [5, 5.41) is 54.1. The Hall–Kier alpha value is -1.33. The van der Waals surface area contributed by atoms with Crippen LogP contribution in [0, 0.1) is 0 Å². The zero-order valence-electron chi connectivity index (χ0n) is 34.7. The lowest BCUT2D eigenvalue weighted by atomic mass is 9.99. The number of aliphatic hydroxyl groups excluding tert-OH is 5. The Kier molecular flexibility index (Phi) is 33.8. The Bertz CT molecular complexity index is 899. The van der Waals surface area contributed by atoms with Crippen LogP contribution in [0.3, 0.4) is 0 Å². The second-order valence-electron chi connectivity index (χ2n) is 15.8. The van der Waals surface area contributed by atoms with Crippen molar-refractivity contribution in [1.29, 1.82) is 0 Å². The Morgan fingerprint density at radius 2 is 1.04 bits per heavy atom. The second kappa shape index (κ2) is 36.0. The summed E-state index contributed by atoms with van der Waals surface area (Å²) in [4.78, 5) is 12.9. The van der Waals surface area contributed by atoms with Gasteiger partial charge in [-0.3, -0.25) is 4.79 Å². The minimum Gasteiger partial charge on any atom is -0.394 e. The third kappa shape index (κ3) is 26.5. The summed E-state index contributed by atoms with van der Waals surface area (Å²) in [6.07, 6.45) is 35.0. The maximum atomic E-state index is 12.9. The van der Waals surface area contributed by atoms with Crippen molar-refractivity contribution in [1.82, 2.24) is 5.32 Å². The van der Waals surface area contributed by atoms with Crippen LogP contribution in [0.25, 0.3) is 0 Å². The number of carbonyl (C=O) groups is 1. The molecule has 0 bridgehead atoms. The SMILES string of the molecule is CCCCCCCC/C=C/CCCCCCCCCCCC(=O)N[C@@H](CO[C@H]1O[C@@H](CO)[C@H](O)C(O)C1O)[C@H](O)/C=C/CCCCCCCCCCCC. The standard InChI is InChI=1S/C45H85NO8/c1-3-5-7-9-11-13-15-17-18-19-20-21-22-23-25-27-29-31-33-35-41(49)46-38(37-53-45-44(52)43(51)42(50)40(36-47)54-45)39(48)34-32-30-28-26-24-16-14-12-10-8-6-4-2/h17-18,32,34,38-40,42-45,47-48,50-52H,3-16,19-31,33,35-37H2,1-2H3,(H,46,49)/b18-17+,34-32+/t38-,39+,40-,42-,43?,44?,45-/m0/s1. The molecule has 0 saturated carbocycles. The minimum absolute atomic E-state index is 0.180. The molecule has 1 amide bonds. The number of amides is 1. The quantitative estimate of drug-likeness (QED) is 0.0271. The van der Waals surface area contributed by atoms with Crippen LogP contribution >= 0.6 is 0 Å². The third-order valence-corrected chi connectivity index (χ3v) is 10.8. The molecule has 0 spiro atoms. The Labute approximate surface area is 330 Å². The monoisotopic (exact) mass is 768 g/mol. The van der Waals surface area contributed by atoms with Crippen LogP contribution < -0.4 is 5.32 Å². The number of nitrogens with one attached hydrogen (secondary N) is 1. The fraction of sp³-hybridized carbons (Fsp3) is 0.889. The molecule has 0 aromatic carbocycles. The van der Waals surface area contributed by atoms with Crippen molar-refractivity contribution in [3.63, 3.8) is 0 Å². The van der Waals surface area contributed by atoms with E-state index in [1.54, 1.807) is 6.08 Å². The predicted octanol–water partition coefficient (Wildman–Crippen LogP) is 9.11. The van der Waals surface area contributed by atoms with Crippen molar-refractivity contribution in [2.24, 2.45) is 0 Å². The van der Waals surface area contributed by atoms with Gasteiger partial charge in [0, 0.05) is 6.42 Å². The van der Waals surface area contributed by atoms with E-state index in [1.807, 2.05) is 6.08 Å². The van der Waals surface area contributed by atoms with Crippen LogP contribution in [0.15, 0.2) is 24.3 Å². The van der Waals surface area contributed by atoms with Crippen molar-refractivity contribution in [2.45, 2.75) is 243 Å². The van der Waals surface area contributed by atoms with Gasteiger partial charge in [-0.25, -0.2) is 0 Å². The van der Waals surface area contributed by atoms with Gasteiger partial charge in [0.1, 0.15) is 24.4 Å². The maximum Gasteiger partial charge on any atom is 0.220 e. The molecular weight excluding hydrogens is 682 g/mol. The number of unbranched alkanes of at least 4 members (excludes halogenated alkanes) is 25. The number of hydrogen-bond acceptors (Lipinski definition) is 8. The zero-order chi connectivity index (χ0) is 39.5. The molecule has 0 radical (unpaired) electrons. The first-order valence-electron chi connectivity index (χ1n) is 22.6. The minimum atomic E-state index is -1.56. The van der Waals surface area contributed by atoms with Gasteiger partial charge in [0.25, 0.3) is 0 Å². The molecule has 54 heavy (non-hydrogen) atoms. The number of hydrogen-bond donors (Lipinski definition) is 6. The maximum absolute atomic E-state index is 12.9. The van der Waals surface area contributed by atoms with Crippen molar-refractivity contribution < 1.29 is 39.8 Å². The van der Waals surface area contributed by atoms with Gasteiger partial charge in [-0.1, -0.05) is 173 Å². The fourth-order valence-corrected chi connectivity index (χ4v) is 7.09. The molecule has 7 atom stereocenters. The lowest BCUT2D eigenvalue weighted by molar-refractivity contribution is -0.302. The normalized spacial score (nSPS) is 21.6. The molecule has 1 rings (SSSR count). The molecule has 318 valence electrons. The highest BCUT2D eigenvalue weighted by atomic mass is 16.7. The zero-order valence-corrected chi connectivity index (χ0v) is 34.7. The molecular formula is C45H85NO8. The number of carbonyl (C=O) groups excluding carboxylic acids is 1. The molecule has 0 aromatic rings. The fourth-order valence-electron chi connectivity index (χ4n) is 7.09. The molecule has 1 aliphatic rings. The first-order chi connectivity index (χ1) is 26.3. The van der Waals surface area contributed by atoms with E-state index in [-0.39, 0.29) is 12.5 Å². The van der Waals surface area contributed by atoms with Crippen LogP contribution in [-0.4, -0.2) is 87.5 Å². The van der Waals surface area contributed by atoms with Gasteiger partial charge in [0.05, 0.1) is 25.4 Å². The van der Waals surface area contributed by atoms with E-state index in [1.165, 1.54) is 141 Å². The smallest absolute Gasteiger partial charge is 0.220 e. The first kappa shape index (κ1) is 50.7. The van der Waals surface area contributed by atoms with E-state index >= 15 is 0 Å². The lowest BCUT2D eigenvalue weighted by Crippen LogP contribution is -2.60. The van der Waals surface area contributed by atoms with Crippen LogP contribution in [0.1, 0.15) is 200 Å². The van der Waals surface area contributed by atoms with Crippen molar-refractivity contribution in [2.75, 3.05) is 13.2 Å². The Morgan fingerprint density at radius 1 is 0.611 bits per heavy atom. The summed E-state index contributed by atoms with van der Waals surface area (Å²) in [5.41, 5.74) is 0. The van der Waals surface area contributed by atoms with Crippen LogP contribution in [-0.2, 0) is 14.3 Å². The summed E-state index contributed by atoms with van der Waals surface area (Å²) in [5.74, 6) is -0.180. The second-order valence-corrected chi connectivity index (χ2v) is 15.8. The average Bonchev–Trinajstić information content (AvgIpc) is 3.17. The van der Waals surface area contributed by atoms with E-state index in [9.17, 15) is 30.3 Å². The molecule has 9 nitrogen and oxygen atoms in total. The summed E-state index contributed by atoms with van der Waals surface area (Å²) in [6, 6.07) is -0.801. The van der Waals surface area contributed by atoms with E-state index in [2.05, 4.69) is 31.3 Å². The van der Waals surface area contributed by atoms with Crippen molar-refractivity contribution >= 4 is 5.91 Å². The highest BCUT2D eigenvalue weighted by Crippen LogP contribution is 2.22. The molecule has 1 heterocycles. The highest BCUT2D eigenvalue weighted by Gasteiger charge is 2.44. The van der Waals surface area contributed by atoms with Gasteiger partial charge in [-0.2, -0.15) is 0 Å². The first-order valence-corrected chi connectivity index (χ1v) is 22.6. The van der Waals surface area contributed by atoms with E-state index < -0.39 is 49.5 Å². The lowest BCUT2D eigenvalue weighted by Gasteiger charge is -2.40. The Morgan fingerprint density at radius 3 is 1.50 bits per heavy atom. The predicted molar refractivity (Wildman–Crippen MR) is 221 cm³/mol. The number of rotatable bonds is 37. The highest BCUT2D eigenvalue weighted by molar-refractivity contribution is 5.76. The van der Waals surface area contributed by atoms with E-state index in [0.717, 1.165) is 38.5 Å². The summed E-state index contributed by atoms with van der Waals surface area (Å²) in [6.45, 7) is 3.75. The van der Waals surface area contributed by atoms with Crippen LogP contribution in [0.4, 0.5) is 0 Å². The third-order valence-electron chi connectivity index (χ3n) is 10.8. The van der Waals surface area contributed by atoms with Gasteiger partial charge < -0.3 is 40.3 Å². The number of aliphatic hydroxyl groups is 5. The molecule has 9 heteroatoms. The molecule has 0 aromatic heterocycles. The molecule has 6 N–H and O–H groups in total. The molecule has 1 saturated heterocycles. The average molecular weight is 768 g/mol. The molecule has 1 fully saturated rings. The van der Waals surface area contributed by atoms with Gasteiger partial charge >= 0.3 is 0 Å². The van der Waals surface area contributed by atoms with E-state index in [0.29, 0.717) is 6.42 Å². The molecule has 2 unspecified atom stereocenters. The Balaban J connectivity index is 2.34. The molecule has 1 aliphatic heterocycles. The van der Waals surface area contributed by atoms with Gasteiger partial charge in [0.2, 0.25) is 5.91 Å². The number of ether oxygens (including phenoxy) is 2. The topological polar surface area (TPSA) is 149 Å². The van der Waals surface area contributed by atoms with Crippen molar-refractivity contribution in [3.8, 4) is 0 Å². The summed E-state index contributed by atoms with van der Waals surface area (Å²) < 4.78 is 11.2. The van der Waals surface area contributed by atoms with Gasteiger partial charge in [-0.05, 0) is 44.9 Å². The van der Waals surface area contributed by atoms with Gasteiger partial charge in [-0.15, -0.1) is 0 Å². The summed E-state index contributed by atoms with van der Waals surface area (Å²) in [7, 11) is 0. The largest absolute Gasteiger partial charge is 0.394 e. The van der Waals surface area contributed by atoms with Gasteiger partial charge in [0.15, 0.2) is 6.29 Å². The van der Waals surface area contributed by atoms with Crippen molar-refractivity contribution in [3.05, 3.63) is 24.3 Å². The van der Waals surface area contributed by atoms with E-state index in [4.69, 9.17) is 9.47 Å². The number of allylic oxidation sites excluding steroid dienone is 3. The summed E-state index contributed by atoms with van der Waals surface area (Å²) >= 11 is 0.